The van der Waals surface area contributed by atoms with Gasteiger partial charge in [-0.1, -0.05) is 18.2 Å². The summed E-state index contributed by atoms with van der Waals surface area (Å²) in [6.45, 7) is 8.24. The van der Waals surface area contributed by atoms with Crippen molar-refractivity contribution in [1.29, 1.82) is 0 Å². The summed E-state index contributed by atoms with van der Waals surface area (Å²) < 4.78 is 6.28. The maximum Gasteiger partial charge on any atom is 0.246 e. The van der Waals surface area contributed by atoms with Crippen LogP contribution in [-0.4, -0.2) is 35.4 Å². The van der Waals surface area contributed by atoms with Gasteiger partial charge in [0.15, 0.2) is 0 Å². The average Bonchev–Trinajstić information content (AvgIpc) is 2.91. The van der Waals surface area contributed by atoms with Crippen molar-refractivity contribution in [2.24, 2.45) is 0 Å². The second-order valence-electron chi connectivity index (χ2n) is 9.55. The number of carbonyl (C=O) groups is 2. The molecule has 0 unspecified atom stereocenters. The number of fused-ring (bicyclic) bond motifs is 1. The molecule has 0 aliphatic rings. The maximum absolute atomic E-state index is 12.9. The number of pyridine rings is 2. The van der Waals surface area contributed by atoms with E-state index in [4.69, 9.17) is 15.5 Å². The number of nitrogens with one attached hydrogen (secondary N) is 1. The number of ether oxygens (including phenoxy) is 1. The van der Waals surface area contributed by atoms with Crippen LogP contribution in [0.25, 0.3) is 17.0 Å². The van der Waals surface area contributed by atoms with Crippen LogP contribution in [0.1, 0.15) is 33.5 Å². The molecule has 200 valence electrons. The van der Waals surface area contributed by atoms with E-state index >= 15 is 0 Å². The van der Waals surface area contributed by atoms with E-state index in [1.165, 1.54) is 6.08 Å². The molecular formula is C31H33N5O3. The zero-order valence-electron chi connectivity index (χ0n) is 22.9. The summed E-state index contributed by atoms with van der Waals surface area (Å²) in [6, 6.07) is 15.3. The Labute approximate surface area is 228 Å². The summed E-state index contributed by atoms with van der Waals surface area (Å²) in [4.78, 5) is 35.4. The van der Waals surface area contributed by atoms with Crippen LogP contribution in [0.2, 0.25) is 0 Å². The Morgan fingerprint density at radius 2 is 1.85 bits per heavy atom. The number of benzene rings is 2. The molecule has 0 aliphatic carbocycles. The minimum atomic E-state index is -0.377. The Morgan fingerprint density at radius 1 is 1.05 bits per heavy atom. The van der Waals surface area contributed by atoms with Gasteiger partial charge in [0.05, 0.1) is 6.54 Å². The zero-order chi connectivity index (χ0) is 28.1. The highest BCUT2D eigenvalue weighted by Crippen LogP contribution is 2.30. The first kappa shape index (κ1) is 27.3. The van der Waals surface area contributed by atoms with Gasteiger partial charge in [0.1, 0.15) is 23.7 Å². The first-order valence-electron chi connectivity index (χ1n) is 12.7. The van der Waals surface area contributed by atoms with Crippen molar-refractivity contribution < 1.29 is 14.3 Å². The van der Waals surface area contributed by atoms with Gasteiger partial charge in [-0.3, -0.25) is 9.59 Å². The number of carbonyl (C=O) groups excluding carboxylic acids is 2. The normalized spacial score (nSPS) is 11.1. The summed E-state index contributed by atoms with van der Waals surface area (Å²) in [5.74, 6) is 0.506. The highest BCUT2D eigenvalue weighted by atomic mass is 16.5. The quantitative estimate of drug-likeness (QED) is 0.321. The van der Waals surface area contributed by atoms with Gasteiger partial charge in [0, 0.05) is 36.1 Å². The molecule has 0 saturated heterocycles. The number of anilines is 2. The van der Waals surface area contributed by atoms with Crippen molar-refractivity contribution in [2.75, 3.05) is 24.2 Å². The standard InChI is InChI=1S/C31H33N5O3/c1-19-9-12-26(36(5)30(38)17-34-29(37)14-11-23-10-13-28(32)33-16-23)22(4)25(19)18-39-27-8-6-7-24-20(2)15-21(3)35-31(24)27/h6-16H,17-18H2,1-5H3,(H2,32,33)(H,34,37). The summed E-state index contributed by atoms with van der Waals surface area (Å²) in [7, 11) is 1.70. The van der Waals surface area contributed by atoms with Gasteiger partial charge < -0.3 is 20.7 Å². The summed E-state index contributed by atoms with van der Waals surface area (Å²) in [5, 5.41) is 3.70. The summed E-state index contributed by atoms with van der Waals surface area (Å²) in [6.07, 6.45) is 4.54. The Hall–Kier alpha value is -4.72. The van der Waals surface area contributed by atoms with E-state index < -0.39 is 0 Å². The second kappa shape index (κ2) is 11.8. The van der Waals surface area contributed by atoms with E-state index in [9.17, 15) is 9.59 Å². The largest absolute Gasteiger partial charge is 0.487 e. The molecule has 0 fully saturated rings. The highest BCUT2D eigenvalue weighted by Gasteiger charge is 2.17. The Balaban J connectivity index is 1.44. The van der Waals surface area contributed by atoms with Crippen molar-refractivity contribution in [3.63, 3.8) is 0 Å². The predicted molar refractivity (Wildman–Crippen MR) is 156 cm³/mol. The summed E-state index contributed by atoms with van der Waals surface area (Å²) >= 11 is 0. The summed E-state index contributed by atoms with van der Waals surface area (Å²) in [5.41, 5.74) is 13.0. The predicted octanol–water partition coefficient (Wildman–Crippen LogP) is 4.82. The van der Waals surface area contributed by atoms with Crippen LogP contribution >= 0.6 is 0 Å². The Morgan fingerprint density at radius 3 is 2.59 bits per heavy atom. The van der Waals surface area contributed by atoms with Crippen LogP contribution in [0.3, 0.4) is 0 Å². The third-order valence-corrected chi connectivity index (χ3v) is 6.70. The van der Waals surface area contributed by atoms with Gasteiger partial charge in [-0.25, -0.2) is 9.97 Å². The molecule has 4 aromatic rings. The van der Waals surface area contributed by atoms with Gasteiger partial charge in [0.25, 0.3) is 0 Å². The van der Waals surface area contributed by atoms with Crippen LogP contribution in [0.4, 0.5) is 11.5 Å². The van der Waals surface area contributed by atoms with E-state index in [1.54, 1.807) is 36.4 Å². The van der Waals surface area contributed by atoms with Crippen LogP contribution in [-0.2, 0) is 16.2 Å². The molecule has 0 spiro atoms. The molecule has 0 bridgehead atoms. The van der Waals surface area contributed by atoms with E-state index in [1.807, 2.05) is 51.1 Å². The lowest BCUT2D eigenvalue weighted by molar-refractivity contribution is -0.122. The van der Waals surface area contributed by atoms with Crippen molar-refractivity contribution in [2.45, 2.75) is 34.3 Å². The molecule has 39 heavy (non-hydrogen) atoms. The fraction of sp³-hybridized carbons (Fsp3) is 0.226. The van der Waals surface area contributed by atoms with Gasteiger partial charge >= 0.3 is 0 Å². The Bertz CT molecular complexity index is 1560. The number of aryl methyl sites for hydroxylation is 3. The number of para-hydroxylation sites is 1. The molecule has 2 aromatic heterocycles. The first-order chi connectivity index (χ1) is 18.6. The molecule has 8 heteroatoms. The minimum absolute atomic E-state index is 0.140. The molecule has 2 aromatic carbocycles. The molecule has 0 saturated carbocycles. The fourth-order valence-corrected chi connectivity index (χ4v) is 4.45. The zero-order valence-corrected chi connectivity index (χ0v) is 22.9. The molecule has 2 heterocycles. The number of likely N-dealkylation sites (N-methyl/N-ethyl adjacent to an activating group) is 1. The number of nitrogens with zero attached hydrogens (tertiary/aromatic N) is 3. The van der Waals surface area contributed by atoms with Crippen LogP contribution in [0.5, 0.6) is 5.75 Å². The lowest BCUT2D eigenvalue weighted by atomic mass is 10.0. The number of hydrogen-bond donors (Lipinski definition) is 2. The molecule has 0 radical (unpaired) electrons. The van der Waals surface area contributed by atoms with Crippen LogP contribution < -0.4 is 20.7 Å². The number of hydrogen-bond acceptors (Lipinski definition) is 6. The smallest absolute Gasteiger partial charge is 0.246 e. The molecule has 2 amide bonds. The van der Waals surface area contributed by atoms with Gasteiger partial charge in [-0.15, -0.1) is 0 Å². The maximum atomic E-state index is 12.9. The molecule has 3 N–H and O–H groups in total. The van der Waals surface area contributed by atoms with Gasteiger partial charge in [0.2, 0.25) is 11.8 Å². The Kier molecular flexibility index (Phi) is 8.24. The van der Waals surface area contributed by atoms with E-state index in [0.29, 0.717) is 12.4 Å². The minimum Gasteiger partial charge on any atom is -0.487 e. The third kappa shape index (κ3) is 6.41. The van der Waals surface area contributed by atoms with Crippen molar-refractivity contribution in [3.8, 4) is 5.75 Å². The number of nitrogens with two attached hydrogens (primary N) is 1. The molecule has 0 atom stereocenters. The van der Waals surface area contributed by atoms with E-state index in [-0.39, 0.29) is 18.4 Å². The van der Waals surface area contributed by atoms with Crippen molar-refractivity contribution in [1.82, 2.24) is 15.3 Å². The first-order valence-corrected chi connectivity index (χ1v) is 12.7. The van der Waals surface area contributed by atoms with Crippen molar-refractivity contribution >= 4 is 40.3 Å². The second-order valence-corrected chi connectivity index (χ2v) is 9.55. The van der Waals surface area contributed by atoms with E-state index in [2.05, 4.69) is 23.3 Å². The topological polar surface area (TPSA) is 110 Å². The highest BCUT2D eigenvalue weighted by molar-refractivity contribution is 5.99. The number of amides is 2. The van der Waals surface area contributed by atoms with Gasteiger partial charge in [-0.05, 0) is 91.9 Å². The van der Waals surface area contributed by atoms with Crippen LogP contribution in [0.15, 0.2) is 60.8 Å². The number of nitrogen functional groups attached to an aromatic ring is 1. The lowest BCUT2D eigenvalue weighted by Crippen LogP contribution is -2.38. The number of rotatable bonds is 8. The third-order valence-electron chi connectivity index (χ3n) is 6.70. The number of aromatic nitrogens is 2. The van der Waals surface area contributed by atoms with E-state index in [0.717, 1.165) is 55.9 Å². The lowest BCUT2D eigenvalue weighted by Gasteiger charge is -2.23. The SMILES string of the molecule is Cc1cc(C)c2cccc(OCc3c(C)ccc(N(C)C(=O)CNC(=O)C=Cc4ccc(N)nc4)c3C)c2n1. The van der Waals surface area contributed by atoms with Crippen LogP contribution in [0, 0.1) is 27.7 Å². The van der Waals surface area contributed by atoms with Gasteiger partial charge in [-0.2, -0.15) is 0 Å². The fourth-order valence-electron chi connectivity index (χ4n) is 4.45. The molecular weight excluding hydrogens is 490 g/mol. The van der Waals surface area contributed by atoms with Crippen molar-refractivity contribution in [3.05, 3.63) is 94.3 Å². The molecule has 0 aliphatic heterocycles. The molecule has 8 nitrogen and oxygen atoms in total. The monoisotopic (exact) mass is 523 g/mol. The average molecular weight is 524 g/mol. The molecule has 4 rings (SSSR count).